The average molecular weight is 106 g/mol. The molecule has 0 rings (SSSR count). The van der Waals surface area contributed by atoms with Crippen molar-refractivity contribution < 1.29 is 0 Å². The van der Waals surface area contributed by atoms with E-state index in [-0.39, 0.29) is 0 Å². The van der Waals surface area contributed by atoms with Gasteiger partial charge in [-0.1, -0.05) is 25.2 Å². The Morgan fingerprint density at radius 1 is 1.62 bits per heavy atom. The Balaban J connectivity index is 3.57. The van der Waals surface area contributed by atoms with Gasteiger partial charge in [-0.15, -0.1) is 5.47 Å². The van der Waals surface area contributed by atoms with Crippen LogP contribution in [0.1, 0.15) is 20.3 Å². The third-order valence-corrected chi connectivity index (χ3v) is 0.911. The van der Waals surface area contributed by atoms with Crippen molar-refractivity contribution >= 4 is 7.85 Å². The summed E-state index contributed by atoms with van der Waals surface area (Å²) in [6.07, 6.45) is 6.76. The molecule has 0 aliphatic carbocycles. The lowest BCUT2D eigenvalue weighted by molar-refractivity contribution is 1.19. The average Bonchev–Trinajstić information content (AvgIpc) is 1.83. The smallest absolute Gasteiger partial charge is 0.107 e. The molecule has 0 aromatic carbocycles. The molecule has 0 saturated heterocycles. The van der Waals surface area contributed by atoms with Crippen molar-refractivity contribution in [2.24, 2.45) is 0 Å². The molecule has 0 unspecified atom stereocenters. The maximum absolute atomic E-state index is 5.47. The van der Waals surface area contributed by atoms with Crippen molar-refractivity contribution in [2.45, 2.75) is 20.3 Å². The van der Waals surface area contributed by atoms with Gasteiger partial charge >= 0.3 is 0 Å². The highest BCUT2D eigenvalue weighted by molar-refractivity contribution is 6.21. The summed E-state index contributed by atoms with van der Waals surface area (Å²) in [7, 11) is 5.47. The summed E-state index contributed by atoms with van der Waals surface area (Å²) in [6.45, 7) is 4.01. The summed E-state index contributed by atoms with van der Waals surface area (Å²) < 4.78 is 0. The van der Waals surface area contributed by atoms with Crippen molar-refractivity contribution in [1.82, 2.24) is 0 Å². The first-order valence-electron chi connectivity index (χ1n) is 2.88. The van der Waals surface area contributed by atoms with Gasteiger partial charge in [-0.3, -0.25) is 0 Å². The van der Waals surface area contributed by atoms with Crippen molar-refractivity contribution in [3.05, 3.63) is 23.7 Å². The van der Waals surface area contributed by atoms with Gasteiger partial charge in [0.05, 0.1) is 0 Å². The Hall–Kier alpha value is -0.455. The molecular formula is C7H11B. The van der Waals surface area contributed by atoms with E-state index in [1.54, 1.807) is 0 Å². The summed E-state index contributed by atoms with van der Waals surface area (Å²) >= 11 is 0. The molecule has 1 heteroatoms. The number of allylic oxidation sites excluding steroid dienone is 4. The van der Waals surface area contributed by atoms with Gasteiger partial charge in [0.1, 0.15) is 7.85 Å². The molecule has 8 heavy (non-hydrogen) atoms. The lowest BCUT2D eigenvalue weighted by atomic mass is 9.93. The van der Waals surface area contributed by atoms with Crippen LogP contribution in [-0.4, -0.2) is 7.85 Å². The molecular weight excluding hydrogens is 94.9 g/mol. The minimum absolute atomic E-state index is 0.933. The summed E-state index contributed by atoms with van der Waals surface area (Å²) in [5.41, 5.74) is 0.933. The molecule has 0 saturated carbocycles. The monoisotopic (exact) mass is 106 g/mol. The van der Waals surface area contributed by atoms with Crippen LogP contribution in [0, 0.1) is 0 Å². The van der Waals surface area contributed by atoms with Crippen LogP contribution in [-0.2, 0) is 0 Å². The van der Waals surface area contributed by atoms with Crippen LogP contribution in [0.3, 0.4) is 0 Å². The van der Waals surface area contributed by atoms with E-state index in [1.807, 2.05) is 32.1 Å². The lowest BCUT2D eigenvalue weighted by Gasteiger charge is -1.87. The van der Waals surface area contributed by atoms with Gasteiger partial charge in [-0.25, -0.2) is 0 Å². The highest BCUT2D eigenvalue weighted by atomic mass is 13.7. The SMILES string of the molecule is [B]/C(=C/C=C\C)CC. The van der Waals surface area contributed by atoms with Gasteiger partial charge in [0.25, 0.3) is 0 Å². The third-order valence-electron chi connectivity index (χ3n) is 0.911. The zero-order valence-corrected chi connectivity index (χ0v) is 5.52. The zero-order chi connectivity index (χ0) is 6.41. The molecule has 0 aliphatic rings. The van der Waals surface area contributed by atoms with E-state index >= 15 is 0 Å². The summed E-state index contributed by atoms with van der Waals surface area (Å²) in [6, 6.07) is 0. The van der Waals surface area contributed by atoms with Crippen LogP contribution < -0.4 is 0 Å². The van der Waals surface area contributed by atoms with Crippen LogP contribution in [0.4, 0.5) is 0 Å². The van der Waals surface area contributed by atoms with E-state index in [0.29, 0.717) is 0 Å². The summed E-state index contributed by atoms with van der Waals surface area (Å²) in [4.78, 5) is 0. The maximum atomic E-state index is 5.47. The second-order valence-electron chi connectivity index (χ2n) is 1.62. The molecule has 0 atom stereocenters. The second-order valence-corrected chi connectivity index (χ2v) is 1.62. The molecule has 0 N–H and O–H groups in total. The zero-order valence-electron chi connectivity index (χ0n) is 5.52. The Morgan fingerprint density at radius 2 is 2.25 bits per heavy atom. The van der Waals surface area contributed by atoms with Crippen molar-refractivity contribution in [3.8, 4) is 0 Å². The van der Waals surface area contributed by atoms with Crippen LogP contribution in [0.2, 0.25) is 0 Å². The van der Waals surface area contributed by atoms with Crippen LogP contribution in [0.15, 0.2) is 23.7 Å². The second kappa shape index (κ2) is 4.70. The topological polar surface area (TPSA) is 0 Å². The molecule has 0 amide bonds. The fourth-order valence-corrected chi connectivity index (χ4v) is 0.338. The predicted molar refractivity (Wildman–Crippen MR) is 38.9 cm³/mol. The standard InChI is InChI=1S/C7H11B/c1-3-5-6-7(8)4-2/h3,5-6H,4H2,1-2H3/b5-3-,7-6+. The highest BCUT2D eigenvalue weighted by Crippen LogP contribution is 1.92. The van der Waals surface area contributed by atoms with Crippen LogP contribution in [0.5, 0.6) is 0 Å². The van der Waals surface area contributed by atoms with Crippen LogP contribution in [0.25, 0.3) is 0 Å². The molecule has 0 bridgehead atoms. The fraction of sp³-hybridized carbons (Fsp3) is 0.429. The van der Waals surface area contributed by atoms with E-state index < -0.39 is 0 Å². The molecule has 0 fully saturated rings. The van der Waals surface area contributed by atoms with E-state index in [9.17, 15) is 0 Å². The first kappa shape index (κ1) is 7.54. The Morgan fingerprint density at radius 3 is 2.62 bits per heavy atom. The molecule has 0 aromatic heterocycles. The predicted octanol–water partition coefficient (Wildman–Crippen LogP) is 2.02. The van der Waals surface area contributed by atoms with Gasteiger partial charge in [-0.2, -0.15) is 0 Å². The van der Waals surface area contributed by atoms with Gasteiger partial charge in [-0.05, 0) is 13.3 Å². The molecule has 2 radical (unpaired) electrons. The van der Waals surface area contributed by atoms with Gasteiger partial charge in [0.2, 0.25) is 0 Å². The van der Waals surface area contributed by atoms with Gasteiger partial charge < -0.3 is 0 Å². The molecule has 0 nitrogen and oxygen atoms in total. The summed E-state index contributed by atoms with van der Waals surface area (Å²) in [5, 5.41) is 0. The Kier molecular flexibility index (Phi) is 4.43. The number of hydrogen-bond acceptors (Lipinski definition) is 0. The number of hydrogen-bond donors (Lipinski definition) is 0. The van der Waals surface area contributed by atoms with Crippen molar-refractivity contribution in [3.63, 3.8) is 0 Å². The highest BCUT2D eigenvalue weighted by Gasteiger charge is 1.75. The van der Waals surface area contributed by atoms with Crippen LogP contribution >= 0.6 is 0 Å². The van der Waals surface area contributed by atoms with E-state index in [2.05, 4.69) is 0 Å². The van der Waals surface area contributed by atoms with E-state index in [1.165, 1.54) is 0 Å². The lowest BCUT2D eigenvalue weighted by Crippen LogP contribution is -1.73. The summed E-state index contributed by atoms with van der Waals surface area (Å²) in [5.74, 6) is 0. The Labute approximate surface area is 52.7 Å². The third kappa shape index (κ3) is 3.73. The molecule has 0 aliphatic heterocycles. The maximum Gasteiger partial charge on any atom is 0.107 e. The molecule has 0 aromatic rings. The Bertz CT molecular complexity index is 101. The van der Waals surface area contributed by atoms with Crippen molar-refractivity contribution in [2.75, 3.05) is 0 Å². The van der Waals surface area contributed by atoms with Crippen molar-refractivity contribution in [1.29, 1.82) is 0 Å². The first-order valence-corrected chi connectivity index (χ1v) is 2.88. The van der Waals surface area contributed by atoms with Gasteiger partial charge in [0.15, 0.2) is 0 Å². The fourth-order valence-electron chi connectivity index (χ4n) is 0.338. The molecule has 42 valence electrons. The molecule has 0 spiro atoms. The quantitative estimate of drug-likeness (QED) is 0.373. The normalized spacial score (nSPS) is 13.0. The van der Waals surface area contributed by atoms with Gasteiger partial charge in [0, 0.05) is 0 Å². The largest absolute Gasteiger partial charge is 0.118 e. The van der Waals surface area contributed by atoms with E-state index in [4.69, 9.17) is 7.85 Å². The minimum atomic E-state index is 0.933. The molecule has 0 heterocycles. The number of rotatable bonds is 2. The first-order chi connectivity index (χ1) is 3.81. The minimum Gasteiger partial charge on any atom is -0.118 e. The van der Waals surface area contributed by atoms with E-state index in [0.717, 1.165) is 11.9 Å².